The van der Waals surface area contributed by atoms with Crippen molar-refractivity contribution < 1.29 is 4.79 Å². The van der Waals surface area contributed by atoms with Crippen molar-refractivity contribution in [3.63, 3.8) is 0 Å². The number of ketones is 1. The first-order valence-electron chi connectivity index (χ1n) is 5.61. The number of rotatable bonds is 6. The lowest BCUT2D eigenvalue weighted by Crippen LogP contribution is -2.39. The van der Waals surface area contributed by atoms with Crippen molar-refractivity contribution >= 4 is 5.78 Å². The SMILES string of the molecule is CC(C)CN(CC(=O)C(C)C)C(C)C. The molecule has 0 N–H and O–H groups in total. The molecule has 0 aromatic rings. The van der Waals surface area contributed by atoms with Gasteiger partial charge < -0.3 is 0 Å². The Morgan fingerprint density at radius 2 is 1.57 bits per heavy atom. The highest BCUT2D eigenvalue weighted by Crippen LogP contribution is 2.06. The van der Waals surface area contributed by atoms with E-state index >= 15 is 0 Å². The van der Waals surface area contributed by atoms with E-state index in [2.05, 4.69) is 32.6 Å². The lowest BCUT2D eigenvalue weighted by Gasteiger charge is -2.28. The Morgan fingerprint density at radius 1 is 1.07 bits per heavy atom. The van der Waals surface area contributed by atoms with Crippen LogP contribution in [-0.4, -0.2) is 29.8 Å². The van der Waals surface area contributed by atoms with Crippen molar-refractivity contribution in [1.82, 2.24) is 4.90 Å². The number of hydrogen-bond acceptors (Lipinski definition) is 2. The quantitative estimate of drug-likeness (QED) is 0.655. The van der Waals surface area contributed by atoms with Crippen molar-refractivity contribution in [3.8, 4) is 0 Å². The van der Waals surface area contributed by atoms with Gasteiger partial charge in [-0.05, 0) is 19.8 Å². The first kappa shape index (κ1) is 13.6. The van der Waals surface area contributed by atoms with Crippen molar-refractivity contribution in [2.24, 2.45) is 11.8 Å². The maximum atomic E-state index is 11.6. The summed E-state index contributed by atoms with van der Waals surface area (Å²) in [5.74, 6) is 1.13. The molecule has 0 aromatic heterocycles. The molecule has 0 amide bonds. The average molecular weight is 199 g/mol. The molecule has 0 bridgehead atoms. The minimum atomic E-state index is 0.156. The average Bonchev–Trinajstić information content (AvgIpc) is 2.01. The summed E-state index contributed by atoms with van der Waals surface area (Å²) in [5, 5.41) is 0. The molecule has 0 atom stereocenters. The summed E-state index contributed by atoms with van der Waals surface area (Å²) in [4.78, 5) is 13.9. The van der Waals surface area contributed by atoms with Crippen LogP contribution in [0.5, 0.6) is 0 Å². The summed E-state index contributed by atoms with van der Waals surface area (Å²) in [7, 11) is 0. The Balaban J connectivity index is 4.16. The largest absolute Gasteiger partial charge is 0.298 e. The number of nitrogens with zero attached hydrogens (tertiary/aromatic N) is 1. The fourth-order valence-electron chi connectivity index (χ4n) is 1.31. The van der Waals surface area contributed by atoms with Crippen LogP contribution in [0.2, 0.25) is 0 Å². The first-order valence-corrected chi connectivity index (χ1v) is 5.61. The van der Waals surface area contributed by atoms with Gasteiger partial charge in [0.2, 0.25) is 0 Å². The molecular weight excluding hydrogens is 174 g/mol. The van der Waals surface area contributed by atoms with Gasteiger partial charge in [-0.15, -0.1) is 0 Å². The third kappa shape index (κ3) is 5.38. The minimum absolute atomic E-state index is 0.156. The molecule has 0 aliphatic carbocycles. The van der Waals surface area contributed by atoms with Crippen LogP contribution >= 0.6 is 0 Å². The van der Waals surface area contributed by atoms with Gasteiger partial charge in [0.1, 0.15) is 5.78 Å². The summed E-state index contributed by atoms with van der Waals surface area (Å²) in [5.41, 5.74) is 0. The van der Waals surface area contributed by atoms with Crippen molar-refractivity contribution in [3.05, 3.63) is 0 Å². The summed E-state index contributed by atoms with van der Waals surface area (Å²) in [6, 6.07) is 0.458. The van der Waals surface area contributed by atoms with Crippen LogP contribution in [0, 0.1) is 11.8 Å². The molecule has 84 valence electrons. The van der Waals surface area contributed by atoms with Gasteiger partial charge in [-0.1, -0.05) is 27.7 Å². The zero-order chi connectivity index (χ0) is 11.3. The van der Waals surface area contributed by atoms with E-state index in [1.165, 1.54) is 0 Å². The van der Waals surface area contributed by atoms with Crippen molar-refractivity contribution in [1.29, 1.82) is 0 Å². The van der Waals surface area contributed by atoms with Gasteiger partial charge in [-0.3, -0.25) is 9.69 Å². The highest BCUT2D eigenvalue weighted by molar-refractivity contribution is 5.82. The first-order chi connectivity index (χ1) is 6.34. The van der Waals surface area contributed by atoms with Crippen LogP contribution in [0.1, 0.15) is 41.5 Å². The van der Waals surface area contributed by atoms with Gasteiger partial charge in [-0.2, -0.15) is 0 Å². The normalized spacial score (nSPS) is 12.1. The number of Topliss-reactive ketones (excluding diaryl/α,β-unsaturated/α-hetero) is 1. The molecule has 0 rings (SSSR count). The Bertz CT molecular complexity index is 173. The molecule has 0 radical (unpaired) electrons. The fraction of sp³-hybridized carbons (Fsp3) is 0.917. The third-order valence-electron chi connectivity index (χ3n) is 2.33. The molecule has 0 saturated heterocycles. The maximum absolute atomic E-state index is 11.6. The highest BCUT2D eigenvalue weighted by atomic mass is 16.1. The van der Waals surface area contributed by atoms with Gasteiger partial charge in [0.15, 0.2) is 0 Å². The van der Waals surface area contributed by atoms with Gasteiger partial charge in [-0.25, -0.2) is 0 Å². The lowest BCUT2D eigenvalue weighted by molar-refractivity contribution is -0.123. The van der Waals surface area contributed by atoms with Crippen LogP contribution in [0.3, 0.4) is 0 Å². The van der Waals surface area contributed by atoms with Gasteiger partial charge in [0.25, 0.3) is 0 Å². The molecule has 0 unspecified atom stereocenters. The van der Waals surface area contributed by atoms with E-state index in [-0.39, 0.29) is 5.92 Å². The smallest absolute Gasteiger partial charge is 0.149 e. The molecule has 2 heteroatoms. The predicted molar refractivity (Wildman–Crippen MR) is 61.4 cm³/mol. The second-order valence-corrected chi connectivity index (χ2v) is 5.04. The summed E-state index contributed by atoms with van der Waals surface area (Å²) >= 11 is 0. The molecule has 0 aliphatic rings. The fourth-order valence-corrected chi connectivity index (χ4v) is 1.31. The van der Waals surface area contributed by atoms with Crippen LogP contribution in [-0.2, 0) is 4.79 Å². The molecule has 0 saturated carbocycles. The van der Waals surface area contributed by atoms with E-state index in [4.69, 9.17) is 0 Å². The summed E-state index contributed by atoms with van der Waals surface area (Å²) < 4.78 is 0. The molecule has 0 aliphatic heterocycles. The van der Waals surface area contributed by atoms with Gasteiger partial charge in [0, 0.05) is 18.5 Å². The second-order valence-electron chi connectivity index (χ2n) is 5.04. The minimum Gasteiger partial charge on any atom is -0.298 e. The standard InChI is InChI=1S/C12H25NO/c1-9(2)7-13(11(5)6)8-12(14)10(3)4/h9-11H,7-8H2,1-6H3. The Hall–Kier alpha value is -0.370. The Morgan fingerprint density at radius 3 is 1.86 bits per heavy atom. The number of hydrogen-bond donors (Lipinski definition) is 0. The topological polar surface area (TPSA) is 20.3 Å². The number of carbonyl (C=O) groups excluding carboxylic acids is 1. The maximum Gasteiger partial charge on any atom is 0.149 e. The molecule has 0 heterocycles. The van der Waals surface area contributed by atoms with Crippen molar-refractivity contribution in [2.75, 3.05) is 13.1 Å². The monoisotopic (exact) mass is 199 g/mol. The van der Waals surface area contributed by atoms with E-state index in [1.54, 1.807) is 0 Å². The van der Waals surface area contributed by atoms with Crippen LogP contribution in [0.4, 0.5) is 0 Å². The molecule has 0 fully saturated rings. The molecular formula is C12H25NO. The third-order valence-corrected chi connectivity index (χ3v) is 2.33. The zero-order valence-corrected chi connectivity index (χ0v) is 10.5. The second kappa shape index (κ2) is 6.18. The highest BCUT2D eigenvalue weighted by Gasteiger charge is 2.16. The van der Waals surface area contributed by atoms with Gasteiger partial charge in [0.05, 0.1) is 6.54 Å². The van der Waals surface area contributed by atoms with E-state index < -0.39 is 0 Å². The lowest BCUT2D eigenvalue weighted by atomic mass is 10.1. The summed E-state index contributed by atoms with van der Waals surface area (Å²) in [6.45, 7) is 14.2. The van der Waals surface area contributed by atoms with Gasteiger partial charge >= 0.3 is 0 Å². The van der Waals surface area contributed by atoms with Crippen LogP contribution in [0.25, 0.3) is 0 Å². The van der Waals surface area contributed by atoms with Crippen LogP contribution < -0.4 is 0 Å². The van der Waals surface area contributed by atoms with Crippen molar-refractivity contribution in [2.45, 2.75) is 47.6 Å². The zero-order valence-electron chi connectivity index (χ0n) is 10.5. The molecule has 2 nitrogen and oxygen atoms in total. The van der Waals surface area contributed by atoms with E-state index in [1.807, 2.05) is 13.8 Å². The van der Waals surface area contributed by atoms with E-state index in [0.717, 1.165) is 6.54 Å². The predicted octanol–water partition coefficient (Wildman–Crippen LogP) is 2.58. The van der Waals surface area contributed by atoms with E-state index in [0.29, 0.717) is 24.3 Å². The van der Waals surface area contributed by atoms with E-state index in [9.17, 15) is 4.79 Å². The molecule has 0 spiro atoms. The summed E-state index contributed by atoms with van der Waals surface area (Å²) in [6.07, 6.45) is 0. The number of carbonyl (C=O) groups is 1. The molecule has 14 heavy (non-hydrogen) atoms. The Labute approximate surface area is 88.7 Å². The van der Waals surface area contributed by atoms with Crippen LogP contribution in [0.15, 0.2) is 0 Å². The molecule has 0 aromatic carbocycles. The Kier molecular flexibility index (Phi) is 6.01.